The van der Waals surface area contributed by atoms with E-state index in [-0.39, 0.29) is 5.91 Å². The van der Waals surface area contributed by atoms with Crippen LogP contribution in [0.5, 0.6) is 11.5 Å². The largest absolute Gasteiger partial charge is 0.490 e. The third-order valence-corrected chi connectivity index (χ3v) is 4.97. The molecular formula is C23H30N3O3+. The molecule has 154 valence electrons. The molecule has 0 spiro atoms. The quantitative estimate of drug-likeness (QED) is 0.692. The van der Waals surface area contributed by atoms with Crippen molar-refractivity contribution in [3.63, 3.8) is 0 Å². The third-order valence-electron chi connectivity index (χ3n) is 4.97. The van der Waals surface area contributed by atoms with Gasteiger partial charge in [-0.05, 0) is 49.8 Å². The molecule has 1 amide bonds. The zero-order valence-corrected chi connectivity index (χ0v) is 17.3. The molecule has 0 saturated carbocycles. The molecule has 6 heteroatoms. The standard InChI is InChI=1S/C23H29N3O3/c1-3-28-21-7-5-19(17-22(21)29-4-2)6-8-23(27)26-15-13-25(14-16-26)18-20-9-11-24-12-10-20/h5-12,17H,3-4,13-16,18H2,1-2H3/p+1/b8-6+. The van der Waals surface area contributed by atoms with Gasteiger partial charge in [-0.15, -0.1) is 0 Å². The summed E-state index contributed by atoms with van der Waals surface area (Å²) in [7, 11) is 0. The van der Waals surface area contributed by atoms with E-state index in [4.69, 9.17) is 9.47 Å². The SMILES string of the molecule is CCOc1ccc(/C=C/C(=O)N2CC[NH+](Cc3ccncc3)CC2)cc1OCC. The fraction of sp³-hybridized carbons (Fsp3) is 0.391. The Balaban J connectivity index is 1.54. The Labute approximate surface area is 172 Å². The van der Waals surface area contributed by atoms with Crippen LogP contribution in [-0.4, -0.2) is 55.2 Å². The molecule has 1 aromatic heterocycles. The number of quaternary nitrogens is 1. The van der Waals surface area contributed by atoms with E-state index in [1.54, 1.807) is 6.08 Å². The number of hydrogen-bond donors (Lipinski definition) is 1. The van der Waals surface area contributed by atoms with Crippen molar-refractivity contribution >= 4 is 12.0 Å². The zero-order valence-electron chi connectivity index (χ0n) is 17.3. The van der Waals surface area contributed by atoms with Gasteiger partial charge in [0.05, 0.1) is 39.4 Å². The van der Waals surface area contributed by atoms with Gasteiger partial charge >= 0.3 is 0 Å². The second-order valence-corrected chi connectivity index (χ2v) is 7.01. The highest BCUT2D eigenvalue weighted by molar-refractivity contribution is 5.91. The van der Waals surface area contributed by atoms with Crippen molar-refractivity contribution in [2.75, 3.05) is 39.4 Å². The van der Waals surface area contributed by atoms with E-state index in [1.807, 2.05) is 55.4 Å². The monoisotopic (exact) mass is 396 g/mol. The number of aromatic nitrogens is 1. The van der Waals surface area contributed by atoms with Gasteiger partial charge < -0.3 is 19.3 Å². The lowest BCUT2D eigenvalue weighted by atomic mass is 10.1. The van der Waals surface area contributed by atoms with E-state index in [1.165, 1.54) is 10.5 Å². The van der Waals surface area contributed by atoms with Crippen LogP contribution in [0, 0.1) is 0 Å². The first-order valence-corrected chi connectivity index (χ1v) is 10.3. The minimum Gasteiger partial charge on any atom is -0.490 e. The van der Waals surface area contributed by atoms with Gasteiger partial charge in [-0.1, -0.05) is 6.07 Å². The van der Waals surface area contributed by atoms with E-state index in [0.717, 1.165) is 44.0 Å². The average Bonchev–Trinajstić information content (AvgIpc) is 2.75. The predicted molar refractivity (Wildman–Crippen MR) is 113 cm³/mol. The van der Waals surface area contributed by atoms with Crippen LogP contribution < -0.4 is 14.4 Å². The maximum absolute atomic E-state index is 12.6. The van der Waals surface area contributed by atoms with E-state index in [0.29, 0.717) is 19.0 Å². The highest BCUT2D eigenvalue weighted by Gasteiger charge is 2.22. The fourth-order valence-corrected chi connectivity index (χ4v) is 3.45. The van der Waals surface area contributed by atoms with Gasteiger partial charge in [0.1, 0.15) is 6.54 Å². The molecule has 0 radical (unpaired) electrons. The summed E-state index contributed by atoms with van der Waals surface area (Å²) >= 11 is 0. The number of hydrogen-bond acceptors (Lipinski definition) is 4. The van der Waals surface area contributed by atoms with Crippen molar-refractivity contribution in [3.05, 3.63) is 59.9 Å². The van der Waals surface area contributed by atoms with Crippen molar-refractivity contribution < 1.29 is 19.2 Å². The second kappa shape index (κ2) is 10.6. The number of pyridine rings is 1. The number of benzene rings is 1. The molecule has 1 aromatic carbocycles. The van der Waals surface area contributed by atoms with Crippen LogP contribution in [0.1, 0.15) is 25.0 Å². The highest BCUT2D eigenvalue weighted by Crippen LogP contribution is 2.29. The van der Waals surface area contributed by atoms with E-state index in [9.17, 15) is 4.79 Å². The topological polar surface area (TPSA) is 56.1 Å². The average molecular weight is 397 g/mol. The number of piperazine rings is 1. The predicted octanol–water partition coefficient (Wildman–Crippen LogP) is 1.82. The third kappa shape index (κ3) is 6.06. The maximum atomic E-state index is 12.6. The summed E-state index contributed by atoms with van der Waals surface area (Å²) in [4.78, 5) is 20.1. The van der Waals surface area contributed by atoms with Gasteiger partial charge in [0.2, 0.25) is 5.91 Å². The number of nitrogens with zero attached hydrogens (tertiary/aromatic N) is 2. The van der Waals surface area contributed by atoms with Gasteiger partial charge in [0, 0.05) is 24.0 Å². The van der Waals surface area contributed by atoms with Crippen LogP contribution in [0.2, 0.25) is 0 Å². The summed E-state index contributed by atoms with van der Waals surface area (Å²) in [6.07, 6.45) is 7.16. The lowest BCUT2D eigenvalue weighted by Gasteiger charge is -2.31. The number of ether oxygens (including phenoxy) is 2. The molecule has 29 heavy (non-hydrogen) atoms. The van der Waals surface area contributed by atoms with E-state index in [2.05, 4.69) is 17.1 Å². The number of amides is 1. The number of rotatable bonds is 8. The number of carbonyl (C=O) groups is 1. The molecule has 1 N–H and O–H groups in total. The first-order valence-electron chi connectivity index (χ1n) is 10.3. The Kier molecular flexibility index (Phi) is 7.64. The molecule has 0 atom stereocenters. The van der Waals surface area contributed by atoms with Gasteiger partial charge in [-0.2, -0.15) is 0 Å². The Morgan fingerprint density at radius 3 is 2.45 bits per heavy atom. The molecule has 1 aliphatic heterocycles. The van der Waals surface area contributed by atoms with Crippen LogP contribution in [0.4, 0.5) is 0 Å². The number of carbonyl (C=O) groups excluding carboxylic acids is 1. The molecule has 6 nitrogen and oxygen atoms in total. The lowest BCUT2D eigenvalue weighted by molar-refractivity contribution is -0.917. The Bertz CT molecular complexity index is 815. The zero-order chi connectivity index (χ0) is 20.5. The maximum Gasteiger partial charge on any atom is 0.246 e. The molecule has 1 aliphatic rings. The van der Waals surface area contributed by atoms with Gasteiger partial charge in [0.25, 0.3) is 0 Å². The van der Waals surface area contributed by atoms with Gasteiger partial charge in [-0.3, -0.25) is 9.78 Å². The normalized spacial score (nSPS) is 14.9. The lowest BCUT2D eigenvalue weighted by Crippen LogP contribution is -3.13. The fourth-order valence-electron chi connectivity index (χ4n) is 3.45. The van der Waals surface area contributed by atoms with E-state index >= 15 is 0 Å². The molecule has 0 unspecified atom stereocenters. The molecule has 1 saturated heterocycles. The summed E-state index contributed by atoms with van der Waals surface area (Å²) in [5.74, 6) is 1.49. The summed E-state index contributed by atoms with van der Waals surface area (Å²) in [5.41, 5.74) is 2.21. The molecule has 2 heterocycles. The van der Waals surface area contributed by atoms with Crippen molar-refractivity contribution in [2.24, 2.45) is 0 Å². The van der Waals surface area contributed by atoms with Crippen molar-refractivity contribution in [1.29, 1.82) is 0 Å². The minimum atomic E-state index is 0.0554. The van der Waals surface area contributed by atoms with Crippen LogP contribution in [0.15, 0.2) is 48.8 Å². The first-order chi connectivity index (χ1) is 14.2. The van der Waals surface area contributed by atoms with Crippen molar-refractivity contribution in [3.8, 4) is 11.5 Å². The van der Waals surface area contributed by atoms with Crippen LogP contribution in [0.25, 0.3) is 6.08 Å². The van der Waals surface area contributed by atoms with Crippen LogP contribution >= 0.6 is 0 Å². The van der Waals surface area contributed by atoms with Crippen LogP contribution in [0.3, 0.4) is 0 Å². The minimum absolute atomic E-state index is 0.0554. The molecular weight excluding hydrogens is 366 g/mol. The Hall–Kier alpha value is -2.86. The van der Waals surface area contributed by atoms with Gasteiger partial charge in [-0.25, -0.2) is 0 Å². The Morgan fingerprint density at radius 1 is 1.07 bits per heavy atom. The summed E-state index contributed by atoms with van der Waals surface area (Å²) < 4.78 is 11.2. The summed E-state index contributed by atoms with van der Waals surface area (Å²) in [5, 5.41) is 0. The van der Waals surface area contributed by atoms with Crippen molar-refractivity contribution in [1.82, 2.24) is 9.88 Å². The Morgan fingerprint density at radius 2 is 1.76 bits per heavy atom. The first kappa shape index (κ1) is 20.9. The summed E-state index contributed by atoms with van der Waals surface area (Å²) in [6.45, 7) is 9.49. The van der Waals surface area contributed by atoms with Gasteiger partial charge in [0.15, 0.2) is 11.5 Å². The molecule has 3 rings (SSSR count). The molecule has 2 aromatic rings. The molecule has 0 aliphatic carbocycles. The van der Waals surface area contributed by atoms with E-state index < -0.39 is 0 Å². The molecule has 1 fully saturated rings. The van der Waals surface area contributed by atoms with Crippen molar-refractivity contribution in [2.45, 2.75) is 20.4 Å². The summed E-state index contributed by atoms with van der Waals surface area (Å²) in [6, 6.07) is 9.85. The number of nitrogens with one attached hydrogen (secondary N) is 1. The smallest absolute Gasteiger partial charge is 0.246 e. The van der Waals surface area contributed by atoms with Crippen LogP contribution in [-0.2, 0) is 11.3 Å². The highest BCUT2D eigenvalue weighted by atomic mass is 16.5. The molecule has 0 bridgehead atoms. The second-order valence-electron chi connectivity index (χ2n) is 7.01.